The second-order valence-corrected chi connectivity index (χ2v) is 15.2. The van der Waals surface area contributed by atoms with Gasteiger partial charge in [0.25, 0.3) is 0 Å². The Morgan fingerprint density at radius 3 is 1.98 bits per heavy atom. The summed E-state index contributed by atoms with van der Waals surface area (Å²) in [5.41, 5.74) is 11.6. The molecule has 0 aliphatic heterocycles. The summed E-state index contributed by atoms with van der Waals surface area (Å²) in [5.74, 6) is 0.686. The highest BCUT2D eigenvalue weighted by Crippen LogP contribution is 2.56. The molecule has 11 rings (SSSR count). The van der Waals surface area contributed by atoms with Gasteiger partial charge in [0.05, 0.1) is 26.9 Å². The largest absolute Gasteiger partial charge is 0.276 e. The third kappa shape index (κ3) is 3.94. The van der Waals surface area contributed by atoms with E-state index in [1.165, 1.54) is 64.5 Å². The van der Waals surface area contributed by atoms with Gasteiger partial charge in [0.15, 0.2) is 0 Å². The Kier molecular flexibility index (Phi) is 5.89. The Bertz CT molecular complexity index is 3040. The minimum Gasteiger partial charge on any atom is -0.276 e. The van der Waals surface area contributed by atoms with Crippen molar-refractivity contribution in [2.75, 3.05) is 0 Å². The highest BCUT2D eigenvalue weighted by Gasteiger charge is 2.39. The van der Waals surface area contributed by atoms with Crippen molar-refractivity contribution >= 4 is 64.9 Å². The zero-order chi connectivity index (χ0) is 33.8. The van der Waals surface area contributed by atoms with Gasteiger partial charge in [0.2, 0.25) is 5.95 Å². The Morgan fingerprint density at radius 2 is 1.18 bits per heavy atom. The molecule has 3 aromatic heterocycles. The number of aromatic nitrogens is 3. The quantitative estimate of drug-likeness (QED) is 0.175. The van der Waals surface area contributed by atoms with E-state index in [0.29, 0.717) is 5.95 Å². The second-order valence-electron chi connectivity index (χ2n) is 14.1. The Balaban J connectivity index is 1.30. The van der Waals surface area contributed by atoms with Crippen LogP contribution in [0, 0.1) is 0 Å². The third-order valence-corrected chi connectivity index (χ3v) is 12.5. The molecule has 0 N–H and O–H groups in total. The Morgan fingerprint density at radius 1 is 0.529 bits per heavy atom. The highest BCUT2D eigenvalue weighted by molar-refractivity contribution is 7.21. The molecular weight excluding hydrogens is 639 g/mol. The van der Waals surface area contributed by atoms with E-state index >= 15 is 0 Å². The lowest BCUT2D eigenvalue weighted by Gasteiger charge is -2.19. The molecular formula is C47H31N3S. The van der Waals surface area contributed by atoms with Gasteiger partial charge >= 0.3 is 0 Å². The van der Waals surface area contributed by atoms with Crippen molar-refractivity contribution in [1.29, 1.82) is 0 Å². The van der Waals surface area contributed by atoms with Gasteiger partial charge < -0.3 is 0 Å². The van der Waals surface area contributed by atoms with Crippen molar-refractivity contribution in [1.82, 2.24) is 14.5 Å². The first-order valence-corrected chi connectivity index (χ1v) is 18.3. The van der Waals surface area contributed by atoms with E-state index in [0.717, 1.165) is 33.1 Å². The maximum Gasteiger partial charge on any atom is 0.235 e. The molecule has 0 saturated heterocycles. The Hall–Kier alpha value is -6.10. The molecule has 0 amide bonds. The number of thiophene rings is 1. The number of hydrogen-bond acceptors (Lipinski definition) is 3. The first-order chi connectivity index (χ1) is 25.1. The first-order valence-electron chi connectivity index (χ1n) is 17.5. The molecule has 0 radical (unpaired) electrons. The van der Waals surface area contributed by atoms with Gasteiger partial charge in [-0.2, -0.15) is 0 Å². The topological polar surface area (TPSA) is 30.7 Å². The van der Waals surface area contributed by atoms with Crippen molar-refractivity contribution in [2.24, 2.45) is 0 Å². The van der Waals surface area contributed by atoms with Gasteiger partial charge in [-0.25, -0.2) is 9.97 Å². The molecule has 51 heavy (non-hydrogen) atoms. The van der Waals surface area contributed by atoms with E-state index in [9.17, 15) is 0 Å². The zero-order valence-electron chi connectivity index (χ0n) is 28.2. The van der Waals surface area contributed by atoms with Gasteiger partial charge in [-0.05, 0) is 39.8 Å². The van der Waals surface area contributed by atoms with Crippen LogP contribution in [-0.4, -0.2) is 14.5 Å². The molecule has 0 atom stereocenters. The second kappa shape index (κ2) is 10.5. The third-order valence-electron chi connectivity index (χ3n) is 11.0. The minimum atomic E-state index is -0.0753. The molecule has 7 aromatic carbocycles. The monoisotopic (exact) mass is 669 g/mol. The van der Waals surface area contributed by atoms with Gasteiger partial charge in [-0.3, -0.25) is 4.57 Å². The summed E-state index contributed by atoms with van der Waals surface area (Å²) in [6, 6.07) is 54.5. The molecule has 3 heterocycles. The molecule has 1 aliphatic carbocycles. The van der Waals surface area contributed by atoms with E-state index in [1.54, 1.807) is 0 Å². The van der Waals surface area contributed by atoms with Gasteiger partial charge in [-0.1, -0.05) is 153 Å². The standard InChI is InChI=1S/C47H31N3S/c1-47(2)38-23-13-11-22-34(38)40-35-26-25-33-31-20-12-14-24-39(31)50(43(33)44(35)51-45(40)47)46-48-41(29-17-7-4-8-18-29)37-27-36(28-15-5-3-6-16-28)30-19-9-10-21-32(30)42(37)49-46/h3-27H,1-2H3. The number of rotatable bonds is 3. The number of hydrogen-bond donors (Lipinski definition) is 0. The summed E-state index contributed by atoms with van der Waals surface area (Å²) >= 11 is 1.93. The molecule has 10 aromatic rings. The molecule has 0 saturated carbocycles. The maximum absolute atomic E-state index is 5.56. The lowest BCUT2D eigenvalue weighted by Crippen LogP contribution is -2.13. The van der Waals surface area contributed by atoms with Crippen LogP contribution in [0.2, 0.25) is 0 Å². The maximum atomic E-state index is 5.56. The fourth-order valence-corrected chi connectivity index (χ4v) is 10.1. The van der Waals surface area contributed by atoms with Crippen LogP contribution in [0.1, 0.15) is 24.3 Å². The fourth-order valence-electron chi connectivity index (χ4n) is 8.61. The number of nitrogens with zero attached hydrogens (tertiary/aromatic N) is 3. The van der Waals surface area contributed by atoms with E-state index in [1.807, 2.05) is 11.3 Å². The van der Waals surface area contributed by atoms with Crippen molar-refractivity contribution < 1.29 is 0 Å². The minimum absolute atomic E-state index is 0.0753. The van der Waals surface area contributed by atoms with Crippen LogP contribution >= 0.6 is 11.3 Å². The summed E-state index contributed by atoms with van der Waals surface area (Å²) < 4.78 is 3.62. The molecule has 3 nitrogen and oxygen atoms in total. The normalized spacial score (nSPS) is 13.5. The predicted molar refractivity (Wildman–Crippen MR) is 215 cm³/mol. The molecule has 0 spiro atoms. The molecule has 4 heteroatoms. The number of benzene rings is 7. The van der Waals surface area contributed by atoms with Crippen LogP contribution in [-0.2, 0) is 5.41 Å². The van der Waals surface area contributed by atoms with Crippen molar-refractivity contribution in [3.63, 3.8) is 0 Å². The summed E-state index contributed by atoms with van der Waals surface area (Å²) in [4.78, 5) is 12.5. The van der Waals surface area contributed by atoms with Gasteiger partial charge in [0.1, 0.15) is 0 Å². The zero-order valence-corrected chi connectivity index (χ0v) is 29.0. The smallest absolute Gasteiger partial charge is 0.235 e. The SMILES string of the molecule is CC1(C)c2ccccc2-c2c1sc1c2ccc2c3ccccc3n(-c3nc(-c4ccccc4)c4cc(-c5ccccc5)c5ccccc5c4n3)c21. The van der Waals surface area contributed by atoms with Crippen LogP contribution < -0.4 is 0 Å². The van der Waals surface area contributed by atoms with Gasteiger partial charge in [0, 0.05) is 48.4 Å². The molecule has 1 aliphatic rings. The Labute approximate surface area is 299 Å². The van der Waals surface area contributed by atoms with E-state index < -0.39 is 0 Å². The van der Waals surface area contributed by atoms with E-state index in [2.05, 4.69) is 170 Å². The highest BCUT2D eigenvalue weighted by atomic mass is 32.1. The van der Waals surface area contributed by atoms with Crippen LogP contribution in [0.4, 0.5) is 0 Å². The fraction of sp³-hybridized carbons (Fsp3) is 0.0638. The lowest BCUT2D eigenvalue weighted by atomic mass is 9.87. The van der Waals surface area contributed by atoms with E-state index in [4.69, 9.17) is 9.97 Å². The van der Waals surface area contributed by atoms with Crippen molar-refractivity contribution in [3.05, 3.63) is 162 Å². The average molecular weight is 670 g/mol. The number of fused-ring (bicyclic) bond motifs is 12. The van der Waals surface area contributed by atoms with Crippen LogP contribution in [0.25, 0.3) is 93.0 Å². The van der Waals surface area contributed by atoms with Crippen molar-refractivity contribution in [3.8, 4) is 39.5 Å². The van der Waals surface area contributed by atoms with Crippen LogP contribution in [0.3, 0.4) is 0 Å². The van der Waals surface area contributed by atoms with Crippen LogP contribution in [0.15, 0.2) is 152 Å². The first kappa shape index (κ1) is 28.7. The molecule has 240 valence electrons. The summed E-state index contributed by atoms with van der Waals surface area (Å²) in [6.07, 6.45) is 0. The number of para-hydroxylation sites is 1. The molecule has 0 fully saturated rings. The molecule has 0 bridgehead atoms. The van der Waals surface area contributed by atoms with Gasteiger partial charge in [-0.15, -0.1) is 11.3 Å². The van der Waals surface area contributed by atoms with Crippen LogP contribution in [0.5, 0.6) is 0 Å². The molecule has 0 unspecified atom stereocenters. The summed E-state index contributed by atoms with van der Waals surface area (Å²) in [5, 5.41) is 7.07. The summed E-state index contributed by atoms with van der Waals surface area (Å²) in [7, 11) is 0. The van der Waals surface area contributed by atoms with Crippen molar-refractivity contribution in [2.45, 2.75) is 19.3 Å². The average Bonchev–Trinajstić information content (AvgIpc) is 3.81. The summed E-state index contributed by atoms with van der Waals surface area (Å²) in [6.45, 7) is 4.74. The van der Waals surface area contributed by atoms with E-state index in [-0.39, 0.29) is 5.41 Å². The lowest BCUT2D eigenvalue weighted by molar-refractivity contribution is 0.674. The predicted octanol–water partition coefficient (Wildman–Crippen LogP) is 12.7.